The summed E-state index contributed by atoms with van der Waals surface area (Å²) in [5.41, 5.74) is -0.344. The quantitative estimate of drug-likeness (QED) is 0.669. The number of morpholine rings is 1. The molecule has 0 aromatic heterocycles. The second-order valence-corrected chi connectivity index (χ2v) is 4.43. The average Bonchev–Trinajstić information content (AvgIpc) is 2.18. The third-order valence-corrected chi connectivity index (χ3v) is 3.36. The van der Waals surface area contributed by atoms with E-state index in [1.165, 1.54) is 11.8 Å². The minimum atomic E-state index is -0.344. The van der Waals surface area contributed by atoms with E-state index in [1.54, 1.807) is 0 Å². The van der Waals surface area contributed by atoms with Crippen LogP contribution in [0, 0.1) is 0 Å². The summed E-state index contributed by atoms with van der Waals surface area (Å²) < 4.78 is 5.25. The molecule has 0 saturated carbocycles. The molecule has 0 unspecified atom stereocenters. The van der Waals surface area contributed by atoms with Gasteiger partial charge in [-0.2, -0.15) is 0 Å². The van der Waals surface area contributed by atoms with E-state index in [9.17, 15) is 4.79 Å². The molecule has 0 aromatic rings. The van der Waals surface area contributed by atoms with Gasteiger partial charge < -0.3 is 4.74 Å². The molecular formula is C9H17NO2S. The normalized spacial score (nSPS) is 20.2. The molecule has 0 N–H and O–H groups in total. The lowest BCUT2D eigenvalue weighted by atomic mass is 10.0. The molecule has 4 heteroatoms. The van der Waals surface area contributed by atoms with Gasteiger partial charge in [0.05, 0.1) is 18.8 Å². The Morgan fingerprint density at radius 2 is 1.92 bits per heavy atom. The first-order valence-corrected chi connectivity index (χ1v) is 5.72. The van der Waals surface area contributed by atoms with Crippen molar-refractivity contribution in [1.82, 2.24) is 4.90 Å². The molecule has 0 bridgehead atoms. The Labute approximate surface area is 83.8 Å². The molecule has 0 spiro atoms. The lowest BCUT2D eigenvalue weighted by Gasteiger charge is -2.38. The Kier molecular flexibility index (Phi) is 3.76. The van der Waals surface area contributed by atoms with Gasteiger partial charge in [-0.25, -0.2) is 0 Å². The smallest absolute Gasteiger partial charge is 0.208 e. The summed E-state index contributed by atoms with van der Waals surface area (Å²) in [7, 11) is 0. The SMILES string of the molecule is CSC(=O)C(C)(C)N1CCOCC1. The predicted molar refractivity (Wildman–Crippen MR) is 55.0 cm³/mol. The van der Waals surface area contributed by atoms with E-state index in [0.717, 1.165) is 26.3 Å². The van der Waals surface area contributed by atoms with E-state index < -0.39 is 0 Å². The number of nitrogens with zero attached hydrogens (tertiary/aromatic N) is 1. The summed E-state index contributed by atoms with van der Waals surface area (Å²) >= 11 is 1.30. The summed E-state index contributed by atoms with van der Waals surface area (Å²) in [6.07, 6.45) is 1.84. The highest BCUT2D eigenvalue weighted by atomic mass is 32.2. The van der Waals surface area contributed by atoms with Gasteiger partial charge in [0.1, 0.15) is 0 Å². The van der Waals surface area contributed by atoms with Crippen LogP contribution in [0.4, 0.5) is 0 Å². The first-order valence-electron chi connectivity index (χ1n) is 4.50. The van der Waals surface area contributed by atoms with Crippen molar-refractivity contribution in [1.29, 1.82) is 0 Å². The molecule has 1 fully saturated rings. The molecule has 1 aliphatic rings. The number of thioether (sulfide) groups is 1. The third-order valence-electron chi connectivity index (χ3n) is 2.49. The highest BCUT2D eigenvalue weighted by molar-refractivity contribution is 8.13. The van der Waals surface area contributed by atoms with Crippen molar-refractivity contribution in [2.75, 3.05) is 32.6 Å². The fourth-order valence-electron chi connectivity index (χ4n) is 1.50. The maximum atomic E-state index is 11.6. The molecule has 0 aromatic carbocycles. The largest absolute Gasteiger partial charge is 0.379 e. The summed E-state index contributed by atoms with van der Waals surface area (Å²) in [6.45, 7) is 7.17. The van der Waals surface area contributed by atoms with Gasteiger partial charge in [0.2, 0.25) is 5.12 Å². The summed E-state index contributed by atoms with van der Waals surface area (Å²) in [5.74, 6) is 0. The molecule has 1 saturated heterocycles. The summed E-state index contributed by atoms with van der Waals surface area (Å²) in [4.78, 5) is 13.8. The van der Waals surface area contributed by atoms with Crippen LogP contribution in [-0.4, -0.2) is 48.1 Å². The Morgan fingerprint density at radius 3 is 2.38 bits per heavy atom. The van der Waals surface area contributed by atoms with Gasteiger partial charge in [-0.15, -0.1) is 0 Å². The molecule has 1 rings (SSSR count). The minimum absolute atomic E-state index is 0.231. The minimum Gasteiger partial charge on any atom is -0.379 e. The van der Waals surface area contributed by atoms with Crippen molar-refractivity contribution in [2.45, 2.75) is 19.4 Å². The molecule has 76 valence electrons. The van der Waals surface area contributed by atoms with Crippen LogP contribution in [0.5, 0.6) is 0 Å². The van der Waals surface area contributed by atoms with E-state index >= 15 is 0 Å². The maximum absolute atomic E-state index is 11.6. The summed E-state index contributed by atoms with van der Waals surface area (Å²) in [6, 6.07) is 0. The van der Waals surface area contributed by atoms with Crippen molar-refractivity contribution in [3.05, 3.63) is 0 Å². The molecule has 0 atom stereocenters. The van der Waals surface area contributed by atoms with E-state index in [0.29, 0.717) is 0 Å². The molecule has 3 nitrogen and oxygen atoms in total. The van der Waals surface area contributed by atoms with Crippen LogP contribution in [0.2, 0.25) is 0 Å². The van der Waals surface area contributed by atoms with Gasteiger partial charge in [0, 0.05) is 13.1 Å². The molecule has 0 aliphatic carbocycles. The van der Waals surface area contributed by atoms with Crippen molar-refractivity contribution in [3.63, 3.8) is 0 Å². The number of carbonyl (C=O) groups excluding carboxylic acids is 1. The lowest BCUT2D eigenvalue weighted by Crippen LogP contribution is -2.53. The predicted octanol–water partition coefficient (Wildman–Crippen LogP) is 0.987. The molecule has 0 radical (unpaired) electrons. The fraction of sp³-hybridized carbons (Fsp3) is 0.889. The topological polar surface area (TPSA) is 29.5 Å². The van der Waals surface area contributed by atoms with Crippen LogP contribution < -0.4 is 0 Å². The molecular weight excluding hydrogens is 186 g/mol. The number of ether oxygens (including phenoxy) is 1. The van der Waals surface area contributed by atoms with E-state index in [1.807, 2.05) is 20.1 Å². The van der Waals surface area contributed by atoms with Gasteiger partial charge in [-0.05, 0) is 20.1 Å². The zero-order valence-electron chi connectivity index (χ0n) is 8.50. The Morgan fingerprint density at radius 1 is 1.38 bits per heavy atom. The highest BCUT2D eigenvalue weighted by Gasteiger charge is 2.34. The third kappa shape index (κ3) is 2.45. The van der Waals surface area contributed by atoms with Gasteiger partial charge in [-0.1, -0.05) is 11.8 Å². The van der Waals surface area contributed by atoms with E-state index in [4.69, 9.17) is 4.74 Å². The van der Waals surface area contributed by atoms with Gasteiger partial charge >= 0.3 is 0 Å². The number of rotatable bonds is 2. The zero-order chi connectivity index (χ0) is 9.90. The standard InChI is InChI=1S/C9H17NO2S/c1-9(2,8(11)13-3)10-4-6-12-7-5-10/h4-7H2,1-3H3. The summed E-state index contributed by atoms with van der Waals surface area (Å²) in [5, 5.41) is 0.231. The van der Waals surface area contributed by atoms with Crippen molar-refractivity contribution >= 4 is 16.9 Å². The Bertz CT molecular complexity index is 188. The van der Waals surface area contributed by atoms with Crippen molar-refractivity contribution < 1.29 is 9.53 Å². The van der Waals surface area contributed by atoms with Crippen molar-refractivity contribution in [2.24, 2.45) is 0 Å². The van der Waals surface area contributed by atoms with Crippen molar-refractivity contribution in [3.8, 4) is 0 Å². The second kappa shape index (κ2) is 4.44. The average molecular weight is 203 g/mol. The van der Waals surface area contributed by atoms with E-state index in [-0.39, 0.29) is 10.7 Å². The molecule has 1 heterocycles. The Hall–Kier alpha value is -0.0600. The van der Waals surface area contributed by atoms with E-state index in [2.05, 4.69) is 4.90 Å². The van der Waals surface area contributed by atoms with Crippen LogP contribution in [0.3, 0.4) is 0 Å². The first kappa shape index (κ1) is 11.0. The fourth-order valence-corrected chi connectivity index (χ4v) is 2.13. The van der Waals surface area contributed by atoms with Crippen LogP contribution in [0.1, 0.15) is 13.8 Å². The van der Waals surface area contributed by atoms with Crippen LogP contribution in [-0.2, 0) is 9.53 Å². The Balaban J connectivity index is 2.60. The number of hydrogen-bond donors (Lipinski definition) is 0. The zero-order valence-corrected chi connectivity index (χ0v) is 9.32. The second-order valence-electron chi connectivity index (χ2n) is 3.65. The van der Waals surface area contributed by atoms with Crippen LogP contribution >= 0.6 is 11.8 Å². The molecule has 0 amide bonds. The van der Waals surface area contributed by atoms with Gasteiger partial charge in [0.25, 0.3) is 0 Å². The van der Waals surface area contributed by atoms with Crippen LogP contribution in [0.15, 0.2) is 0 Å². The number of hydrogen-bond acceptors (Lipinski definition) is 4. The lowest BCUT2D eigenvalue weighted by molar-refractivity contribution is -0.123. The monoisotopic (exact) mass is 203 g/mol. The molecule has 1 aliphatic heterocycles. The maximum Gasteiger partial charge on any atom is 0.208 e. The van der Waals surface area contributed by atoms with Gasteiger partial charge in [0.15, 0.2) is 0 Å². The number of carbonyl (C=O) groups is 1. The highest BCUT2D eigenvalue weighted by Crippen LogP contribution is 2.21. The van der Waals surface area contributed by atoms with Crippen LogP contribution in [0.25, 0.3) is 0 Å². The first-order chi connectivity index (χ1) is 6.09. The van der Waals surface area contributed by atoms with Gasteiger partial charge in [-0.3, -0.25) is 9.69 Å². The molecule has 13 heavy (non-hydrogen) atoms.